The number of ether oxygens (including phenoxy) is 1. The van der Waals surface area contributed by atoms with Crippen LogP contribution in [0.3, 0.4) is 0 Å². The van der Waals surface area contributed by atoms with Crippen molar-refractivity contribution in [1.29, 1.82) is 0 Å². The van der Waals surface area contributed by atoms with E-state index in [9.17, 15) is 18.0 Å². The van der Waals surface area contributed by atoms with Crippen molar-refractivity contribution < 1.29 is 22.7 Å². The van der Waals surface area contributed by atoms with Crippen molar-refractivity contribution in [2.45, 2.75) is 45.5 Å². The van der Waals surface area contributed by atoms with Crippen LogP contribution in [0.4, 0.5) is 18.0 Å². The van der Waals surface area contributed by atoms with Gasteiger partial charge in [-0.05, 0) is 11.8 Å². The molecule has 0 unspecified atom stereocenters. The van der Waals surface area contributed by atoms with Gasteiger partial charge >= 0.3 is 12.2 Å². The second-order valence-electron chi connectivity index (χ2n) is 6.96. The first-order valence-electron chi connectivity index (χ1n) is 7.65. The topological polar surface area (TPSA) is 83.1 Å². The highest BCUT2D eigenvalue weighted by atomic mass is 19.4. The molecular weight excluding hydrogens is 327 g/mol. The van der Waals surface area contributed by atoms with Gasteiger partial charge in [0.2, 0.25) is 0 Å². The van der Waals surface area contributed by atoms with E-state index in [0.717, 1.165) is 0 Å². The number of hydrogen-bond acceptors (Lipinski definition) is 4. The maximum atomic E-state index is 13.3. The van der Waals surface area contributed by atoms with Gasteiger partial charge in [0, 0.05) is 6.54 Å². The number of urea groups is 1. The van der Waals surface area contributed by atoms with Crippen LogP contribution in [0.5, 0.6) is 0 Å². The highest BCUT2D eigenvalue weighted by Crippen LogP contribution is 2.31. The van der Waals surface area contributed by atoms with Gasteiger partial charge in [0.1, 0.15) is 24.2 Å². The SMILES string of the molecule is CC(C)(C)C[C@@H](NC(=O)N1CCOC[C@@H]1c1ncn[nH]1)C(F)(F)F. The van der Waals surface area contributed by atoms with Crippen LogP contribution in [0, 0.1) is 5.41 Å². The van der Waals surface area contributed by atoms with Crippen molar-refractivity contribution in [1.82, 2.24) is 25.4 Å². The molecule has 2 amide bonds. The van der Waals surface area contributed by atoms with E-state index in [2.05, 4.69) is 20.5 Å². The lowest BCUT2D eigenvalue weighted by molar-refractivity contribution is -0.160. The number of aromatic nitrogens is 3. The zero-order valence-corrected chi connectivity index (χ0v) is 13.9. The molecule has 7 nitrogen and oxygen atoms in total. The molecule has 1 saturated heterocycles. The Balaban J connectivity index is 2.12. The summed E-state index contributed by atoms with van der Waals surface area (Å²) in [5.74, 6) is 0.379. The Labute approximate surface area is 138 Å². The van der Waals surface area contributed by atoms with E-state index >= 15 is 0 Å². The van der Waals surface area contributed by atoms with Crippen LogP contribution >= 0.6 is 0 Å². The number of morpholine rings is 1. The second-order valence-corrected chi connectivity index (χ2v) is 6.96. The molecular formula is C14H22F3N5O2. The van der Waals surface area contributed by atoms with Gasteiger partial charge in [-0.25, -0.2) is 9.78 Å². The number of carbonyl (C=O) groups is 1. The first-order chi connectivity index (χ1) is 11.1. The summed E-state index contributed by atoms with van der Waals surface area (Å²) in [6, 6.07) is -3.29. The number of H-pyrrole nitrogens is 1. The number of aromatic amines is 1. The maximum Gasteiger partial charge on any atom is 0.408 e. The quantitative estimate of drug-likeness (QED) is 0.877. The van der Waals surface area contributed by atoms with Gasteiger partial charge in [0.25, 0.3) is 0 Å². The third kappa shape index (κ3) is 4.83. The predicted molar refractivity (Wildman–Crippen MR) is 79.1 cm³/mol. The fourth-order valence-corrected chi connectivity index (χ4v) is 2.54. The van der Waals surface area contributed by atoms with Crippen LogP contribution in [-0.4, -0.2) is 58.1 Å². The molecule has 0 bridgehead atoms. The van der Waals surface area contributed by atoms with Crippen LogP contribution < -0.4 is 5.32 Å². The minimum atomic E-state index is -4.52. The van der Waals surface area contributed by atoms with E-state index in [1.54, 1.807) is 20.8 Å². The number of amides is 2. The van der Waals surface area contributed by atoms with E-state index < -0.39 is 29.7 Å². The van der Waals surface area contributed by atoms with Gasteiger partial charge in [-0.1, -0.05) is 20.8 Å². The number of rotatable bonds is 3. The predicted octanol–water partition coefficient (Wildman–Crippen LogP) is 2.25. The van der Waals surface area contributed by atoms with E-state index in [4.69, 9.17) is 4.74 Å². The first kappa shape index (κ1) is 18.5. The van der Waals surface area contributed by atoms with Crippen molar-refractivity contribution in [3.63, 3.8) is 0 Å². The van der Waals surface area contributed by atoms with Crippen molar-refractivity contribution >= 4 is 6.03 Å². The largest absolute Gasteiger partial charge is 0.408 e. The Morgan fingerprint density at radius 2 is 2.21 bits per heavy atom. The van der Waals surface area contributed by atoms with E-state index in [1.165, 1.54) is 11.2 Å². The molecule has 10 heteroatoms. The first-order valence-corrected chi connectivity index (χ1v) is 7.65. The summed E-state index contributed by atoms with van der Waals surface area (Å²) in [4.78, 5) is 17.7. The smallest absolute Gasteiger partial charge is 0.377 e. The Kier molecular flexibility index (Phi) is 5.36. The standard InChI is InChI=1S/C14H22F3N5O2/c1-13(2,3)6-10(14(15,16)17)20-12(23)22-4-5-24-7-9(22)11-18-8-19-21-11/h8-10H,4-7H2,1-3H3,(H,20,23)(H,18,19,21)/t9-,10-/m1/s1. The Morgan fingerprint density at radius 3 is 2.75 bits per heavy atom. The van der Waals surface area contributed by atoms with Crippen molar-refractivity contribution in [2.75, 3.05) is 19.8 Å². The Morgan fingerprint density at radius 1 is 1.50 bits per heavy atom. The number of nitrogens with one attached hydrogen (secondary N) is 2. The third-order valence-electron chi connectivity index (χ3n) is 3.65. The molecule has 0 radical (unpaired) electrons. The van der Waals surface area contributed by atoms with Gasteiger partial charge in [-0.2, -0.15) is 18.3 Å². The normalized spacial score (nSPS) is 20.8. The molecule has 1 aliphatic rings. The summed E-state index contributed by atoms with van der Waals surface area (Å²) in [5, 5.41) is 8.46. The molecule has 1 aliphatic heterocycles. The summed E-state index contributed by atoms with van der Waals surface area (Å²) < 4.78 is 45.1. The zero-order valence-electron chi connectivity index (χ0n) is 13.9. The lowest BCUT2D eigenvalue weighted by Gasteiger charge is -2.36. The van der Waals surface area contributed by atoms with Gasteiger partial charge < -0.3 is 15.0 Å². The van der Waals surface area contributed by atoms with Crippen molar-refractivity contribution in [3.05, 3.63) is 12.2 Å². The summed E-state index contributed by atoms with van der Waals surface area (Å²) in [6.07, 6.45) is -3.45. The summed E-state index contributed by atoms with van der Waals surface area (Å²) in [7, 11) is 0. The summed E-state index contributed by atoms with van der Waals surface area (Å²) in [6.45, 7) is 5.68. The van der Waals surface area contributed by atoms with Crippen LogP contribution in [0.2, 0.25) is 0 Å². The highest BCUT2D eigenvalue weighted by Gasteiger charge is 2.44. The van der Waals surface area contributed by atoms with Crippen LogP contribution in [0.25, 0.3) is 0 Å². The average Bonchev–Trinajstić information content (AvgIpc) is 2.98. The minimum absolute atomic E-state index is 0.151. The molecule has 0 aliphatic carbocycles. The number of hydrogen-bond donors (Lipinski definition) is 2. The van der Waals surface area contributed by atoms with Crippen molar-refractivity contribution in [3.8, 4) is 0 Å². The molecule has 24 heavy (non-hydrogen) atoms. The number of alkyl halides is 3. The second kappa shape index (κ2) is 6.96. The van der Waals surface area contributed by atoms with E-state index in [1.807, 2.05) is 0 Å². The molecule has 136 valence electrons. The third-order valence-corrected chi connectivity index (χ3v) is 3.65. The molecule has 0 aromatic carbocycles. The van der Waals surface area contributed by atoms with Crippen LogP contribution in [0.15, 0.2) is 6.33 Å². The number of nitrogens with zero attached hydrogens (tertiary/aromatic N) is 3. The van der Waals surface area contributed by atoms with Gasteiger partial charge in [-0.3, -0.25) is 5.10 Å². The molecule has 1 fully saturated rings. The van der Waals surface area contributed by atoms with Gasteiger partial charge in [0.15, 0.2) is 0 Å². The van der Waals surface area contributed by atoms with Crippen LogP contribution in [0.1, 0.15) is 39.1 Å². The van der Waals surface area contributed by atoms with Gasteiger partial charge in [-0.15, -0.1) is 0 Å². The number of halogens is 3. The van der Waals surface area contributed by atoms with Crippen molar-refractivity contribution in [2.24, 2.45) is 5.41 Å². The maximum absolute atomic E-state index is 13.3. The molecule has 2 rings (SSSR count). The monoisotopic (exact) mass is 349 g/mol. The van der Waals surface area contributed by atoms with E-state index in [-0.39, 0.29) is 26.2 Å². The van der Waals surface area contributed by atoms with Crippen LogP contribution in [-0.2, 0) is 4.74 Å². The minimum Gasteiger partial charge on any atom is -0.377 e. The zero-order chi connectivity index (χ0) is 18.0. The van der Waals surface area contributed by atoms with Gasteiger partial charge in [0.05, 0.1) is 13.2 Å². The molecule has 2 heterocycles. The lowest BCUT2D eigenvalue weighted by atomic mass is 9.88. The molecule has 2 atom stereocenters. The molecule has 0 spiro atoms. The molecule has 0 saturated carbocycles. The molecule has 2 N–H and O–H groups in total. The fraction of sp³-hybridized carbons (Fsp3) is 0.786. The molecule has 1 aromatic heterocycles. The van der Waals surface area contributed by atoms with E-state index in [0.29, 0.717) is 5.82 Å². The summed E-state index contributed by atoms with van der Waals surface area (Å²) in [5.41, 5.74) is -0.581. The Bertz CT molecular complexity index is 542. The molecule has 1 aromatic rings. The lowest BCUT2D eigenvalue weighted by Crippen LogP contribution is -2.55. The highest BCUT2D eigenvalue weighted by molar-refractivity contribution is 5.75. The summed E-state index contributed by atoms with van der Waals surface area (Å²) >= 11 is 0. The fourth-order valence-electron chi connectivity index (χ4n) is 2.54. The Hall–Kier alpha value is -1.84. The number of carbonyl (C=O) groups excluding carboxylic acids is 1. The average molecular weight is 349 g/mol.